The fourth-order valence-electron chi connectivity index (χ4n) is 4.92. The first kappa shape index (κ1) is 23.2. The van der Waals surface area contributed by atoms with E-state index in [0.717, 1.165) is 52.0 Å². The van der Waals surface area contributed by atoms with Gasteiger partial charge in [-0.25, -0.2) is 0 Å². The lowest BCUT2D eigenvalue weighted by Gasteiger charge is -2.44. The van der Waals surface area contributed by atoms with Crippen LogP contribution in [0.15, 0.2) is 30.3 Å². The van der Waals surface area contributed by atoms with Crippen LogP contribution in [-0.2, 0) is 16.0 Å². The molecule has 2 saturated heterocycles. The molecule has 5 nitrogen and oxygen atoms in total. The van der Waals surface area contributed by atoms with Crippen LogP contribution in [0, 0.1) is 0 Å². The number of likely N-dealkylation sites (tertiary alicyclic amines) is 1. The van der Waals surface area contributed by atoms with Gasteiger partial charge in [0.1, 0.15) is 0 Å². The highest BCUT2D eigenvalue weighted by Crippen LogP contribution is 2.24. The van der Waals surface area contributed by atoms with E-state index in [9.17, 15) is 4.79 Å². The molecule has 0 unspecified atom stereocenters. The summed E-state index contributed by atoms with van der Waals surface area (Å²) in [6.07, 6.45) is 7.20. The van der Waals surface area contributed by atoms with Crippen LogP contribution < -0.4 is 5.32 Å². The van der Waals surface area contributed by atoms with Crippen molar-refractivity contribution in [2.24, 2.45) is 0 Å². The van der Waals surface area contributed by atoms with Gasteiger partial charge < -0.3 is 15.0 Å². The number of nitrogens with zero attached hydrogens (tertiary/aromatic N) is 2. The van der Waals surface area contributed by atoms with E-state index in [4.69, 9.17) is 4.74 Å². The van der Waals surface area contributed by atoms with Crippen molar-refractivity contribution in [2.75, 3.05) is 39.4 Å². The van der Waals surface area contributed by atoms with E-state index < -0.39 is 0 Å². The lowest BCUT2D eigenvalue weighted by Crippen LogP contribution is -2.53. The Morgan fingerprint density at radius 2 is 1.77 bits per heavy atom. The van der Waals surface area contributed by atoms with Crippen molar-refractivity contribution < 1.29 is 9.53 Å². The fraction of sp³-hybridized carbons (Fsp3) is 0.720. The second-order valence-electron chi connectivity index (χ2n) is 9.13. The Kier molecular flexibility index (Phi) is 9.63. The Labute approximate surface area is 183 Å². The molecule has 2 fully saturated rings. The van der Waals surface area contributed by atoms with E-state index in [-0.39, 0.29) is 5.91 Å². The number of ether oxygens (including phenoxy) is 1. The maximum absolute atomic E-state index is 12.3. The Hall–Kier alpha value is -1.43. The van der Waals surface area contributed by atoms with Crippen molar-refractivity contribution in [3.05, 3.63) is 35.9 Å². The number of hydrogen-bond acceptors (Lipinski definition) is 4. The average Bonchev–Trinajstić information content (AvgIpc) is 2.78. The summed E-state index contributed by atoms with van der Waals surface area (Å²) in [5, 5.41) is 3.18. The van der Waals surface area contributed by atoms with Crippen molar-refractivity contribution in [2.45, 2.75) is 76.9 Å². The number of piperidine rings is 1. The zero-order chi connectivity index (χ0) is 21.2. The van der Waals surface area contributed by atoms with Crippen LogP contribution in [0.5, 0.6) is 0 Å². The largest absolute Gasteiger partial charge is 0.381 e. The lowest BCUT2D eigenvalue weighted by molar-refractivity contribution is -0.121. The topological polar surface area (TPSA) is 44.8 Å². The van der Waals surface area contributed by atoms with Crippen molar-refractivity contribution in [1.29, 1.82) is 0 Å². The third-order valence-corrected chi connectivity index (χ3v) is 6.76. The van der Waals surface area contributed by atoms with Crippen LogP contribution in [0.3, 0.4) is 0 Å². The van der Waals surface area contributed by atoms with Crippen LogP contribution in [0.25, 0.3) is 0 Å². The van der Waals surface area contributed by atoms with E-state index in [1.807, 2.05) is 6.07 Å². The number of rotatable bonds is 10. The highest BCUT2D eigenvalue weighted by atomic mass is 16.5. The van der Waals surface area contributed by atoms with Crippen molar-refractivity contribution >= 4 is 5.91 Å². The summed E-state index contributed by atoms with van der Waals surface area (Å²) in [4.78, 5) is 17.6. The van der Waals surface area contributed by atoms with E-state index >= 15 is 0 Å². The minimum absolute atomic E-state index is 0.187. The first-order valence-corrected chi connectivity index (χ1v) is 12.0. The molecule has 0 spiro atoms. The average molecular weight is 416 g/mol. The maximum atomic E-state index is 12.3. The molecule has 0 radical (unpaired) electrons. The molecule has 3 rings (SSSR count). The molecular weight excluding hydrogens is 374 g/mol. The van der Waals surface area contributed by atoms with Gasteiger partial charge >= 0.3 is 0 Å². The number of benzene rings is 1. The molecule has 0 bridgehead atoms. The van der Waals surface area contributed by atoms with Gasteiger partial charge in [-0.15, -0.1) is 0 Å². The maximum Gasteiger partial charge on any atom is 0.220 e. The van der Waals surface area contributed by atoms with Crippen molar-refractivity contribution in [3.8, 4) is 0 Å². The smallest absolute Gasteiger partial charge is 0.220 e. The SMILES string of the molecule is CC(C)N1CCC(N(CCNC(=O)CCCc2ccccc2)C2CCOCC2)CC1. The third kappa shape index (κ3) is 7.36. The van der Waals surface area contributed by atoms with Crippen molar-refractivity contribution in [1.82, 2.24) is 15.1 Å². The monoisotopic (exact) mass is 415 g/mol. The summed E-state index contributed by atoms with van der Waals surface area (Å²) in [6.45, 7) is 10.4. The van der Waals surface area contributed by atoms with Crippen LogP contribution in [0.4, 0.5) is 0 Å². The normalized spacial score (nSPS) is 19.5. The summed E-state index contributed by atoms with van der Waals surface area (Å²) >= 11 is 0. The van der Waals surface area contributed by atoms with Crippen LogP contribution in [0.1, 0.15) is 57.9 Å². The molecular formula is C25H41N3O2. The van der Waals surface area contributed by atoms with E-state index in [0.29, 0.717) is 24.5 Å². The highest BCUT2D eigenvalue weighted by Gasteiger charge is 2.31. The van der Waals surface area contributed by atoms with Gasteiger partial charge in [-0.1, -0.05) is 30.3 Å². The van der Waals surface area contributed by atoms with Crippen LogP contribution in [-0.4, -0.2) is 73.2 Å². The number of nitrogens with one attached hydrogen (secondary N) is 1. The number of hydrogen-bond donors (Lipinski definition) is 1. The third-order valence-electron chi connectivity index (χ3n) is 6.76. The predicted molar refractivity (Wildman–Crippen MR) is 123 cm³/mol. The first-order chi connectivity index (χ1) is 14.6. The van der Waals surface area contributed by atoms with Gasteiger partial charge in [0.15, 0.2) is 0 Å². The molecule has 1 N–H and O–H groups in total. The number of aryl methyl sites for hydroxylation is 1. The molecule has 168 valence electrons. The molecule has 1 aromatic carbocycles. The van der Waals surface area contributed by atoms with Crippen LogP contribution >= 0.6 is 0 Å². The molecule has 0 saturated carbocycles. The predicted octanol–water partition coefficient (Wildman–Crippen LogP) is 3.48. The molecule has 2 aliphatic heterocycles. The molecule has 2 heterocycles. The van der Waals surface area contributed by atoms with Gasteiger partial charge in [0.05, 0.1) is 0 Å². The Morgan fingerprint density at radius 3 is 2.43 bits per heavy atom. The summed E-state index contributed by atoms with van der Waals surface area (Å²) in [5.74, 6) is 0.187. The molecule has 2 aliphatic rings. The van der Waals surface area contributed by atoms with Crippen molar-refractivity contribution in [3.63, 3.8) is 0 Å². The number of amides is 1. The van der Waals surface area contributed by atoms with Gasteiger partial charge in [0.25, 0.3) is 0 Å². The zero-order valence-corrected chi connectivity index (χ0v) is 19.0. The second-order valence-corrected chi connectivity index (χ2v) is 9.13. The van der Waals surface area contributed by atoms with Gasteiger partial charge in [0, 0.05) is 50.8 Å². The molecule has 30 heavy (non-hydrogen) atoms. The summed E-state index contributed by atoms with van der Waals surface area (Å²) in [7, 11) is 0. The first-order valence-electron chi connectivity index (χ1n) is 12.0. The summed E-state index contributed by atoms with van der Waals surface area (Å²) in [6, 6.07) is 12.3. The Bertz CT molecular complexity index is 608. The number of carbonyl (C=O) groups is 1. The molecule has 0 atom stereocenters. The van der Waals surface area contributed by atoms with Gasteiger partial charge in [0.2, 0.25) is 5.91 Å². The fourth-order valence-corrected chi connectivity index (χ4v) is 4.92. The Balaban J connectivity index is 1.42. The van der Waals surface area contributed by atoms with Gasteiger partial charge in [-0.3, -0.25) is 9.69 Å². The van der Waals surface area contributed by atoms with E-state index in [1.54, 1.807) is 0 Å². The standard InChI is InChI=1S/C25H41N3O2/c1-21(2)27-16-11-23(12-17-27)28(24-13-19-30-20-14-24)18-15-26-25(29)10-6-9-22-7-4-3-5-8-22/h3-5,7-8,21,23-24H,6,9-20H2,1-2H3,(H,26,29). The quantitative estimate of drug-likeness (QED) is 0.635. The molecule has 5 heteroatoms. The molecule has 0 aromatic heterocycles. The van der Waals surface area contributed by atoms with Gasteiger partial charge in [-0.2, -0.15) is 0 Å². The number of carbonyl (C=O) groups excluding carboxylic acids is 1. The van der Waals surface area contributed by atoms with Gasteiger partial charge in [-0.05, 0) is 71.0 Å². The highest BCUT2D eigenvalue weighted by molar-refractivity contribution is 5.75. The van der Waals surface area contributed by atoms with Crippen LogP contribution in [0.2, 0.25) is 0 Å². The molecule has 1 amide bonds. The zero-order valence-electron chi connectivity index (χ0n) is 19.0. The summed E-state index contributed by atoms with van der Waals surface area (Å²) < 4.78 is 5.60. The Morgan fingerprint density at radius 1 is 1.10 bits per heavy atom. The lowest BCUT2D eigenvalue weighted by atomic mass is 9.97. The minimum atomic E-state index is 0.187. The second kappa shape index (κ2) is 12.4. The van der Waals surface area contributed by atoms with E-state index in [1.165, 1.54) is 31.5 Å². The summed E-state index contributed by atoms with van der Waals surface area (Å²) in [5.41, 5.74) is 1.31. The minimum Gasteiger partial charge on any atom is -0.381 e. The molecule has 1 aromatic rings. The molecule has 0 aliphatic carbocycles. The van der Waals surface area contributed by atoms with E-state index in [2.05, 4.69) is 53.2 Å².